The molecule has 0 aromatic carbocycles. The summed E-state index contributed by atoms with van der Waals surface area (Å²) in [5.74, 6) is 0.973. The van der Waals surface area contributed by atoms with Gasteiger partial charge in [-0.05, 0) is 37.5 Å². The molecule has 29 heavy (non-hydrogen) atoms. The molecule has 0 spiro atoms. The molecule has 1 fully saturated rings. The topological polar surface area (TPSA) is 122 Å². The first-order valence-corrected chi connectivity index (χ1v) is 9.42. The second-order valence-electron chi connectivity index (χ2n) is 7.28. The van der Waals surface area contributed by atoms with Gasteiger partial charge >= 0.3 is 0 Å². The predicted molar refractivity (Wildman–Crippen MR) is 111 cm³/mol. The maximum atomic E-state index is 12.2. The molecule has 0 bridgehead atoms. The molecule has 0 saturated heterocycles. The number of carbonyl (C=O) groups is 1. The molecule has 0 atom stereocenters. The van der Waals surface area contributed by atoms with E-state index in [0.29, 0.717) is 17.3 Å². The van der Waals surface area contributed by atoms with Crippen LogP contribution in [-0.2, 0) is 4.79 Å². The Morgan fingerprint density at radius 2 is 2.10 bits per heavy atom. The third-order valence-corrected chi connectivity index (χ3v) is 5.20. The average molecular weight is 385 g/mol. The van der Waals surface area contributed by atoms with Gasteiger partial charge in [0.15, 0.2) is 0 Å². The van der Waals surface area contributed by atoms with Crippen LogP contribution in [0.25, 0.3) is 33.2 Å². The number of anilines is 2. The first-order valence-electron chi connectivity index (χ1n) is 9.42. The molecular formula is C21H19N7O. The van der Waals surface area contributed by atoms with Crippen molar-refractivity contribution in [1.82, 2.24) is 25.1 Å². The van der Waals surface area contributed by atoms with Crippen molar-refractivity contribution in [3.8, 4) is 22.4 Å². The molecule has 0 radical (unpaired) electrons. The molecule has 0 aliphatic heterocycles. The van der Waals surface area contributed by atoms with Gasteiger partial charge in [0.1, 0.15) is 11.6 Å². The van der Waals surface area contributed by atoms with Gasteiger partial charge in [0.2, 0.25) is 5.91 Å². The molecule has 1 aliphatic rings. The Morgan fingerprint density at radius 1 is 1.24 bits per heavy atom. The van der Waals surface area contributed by atoms with Gasteiger partial charge in [0.05, 0.1) is 11.9 Å². The van der Waals surface area contributed by atoms with E-state index in [0.717, 1.165) is 45.9 Å². The molecule has 8 heteroatoms. The number of nitrogens with zero attached hydrogens (tertiary/aromatic N) is 4. The summed E-state index contributed by atoms with van der Waals surface area (Å²) in [6.45, 7) is 2.01. The van der Waals surface area contributed by atoms with E-state index in [1.807, 2.05) is 25.3 Å². The lowest BCUT2D eigenvalue weighted by atomic mass is 9.95. The zero-order valence-electron chi connectivity index (χ0n) is 15.8. The highest BCUT2D eigenvalue weighted by molar-refractivity contribution is 6.08. The summed E-state index contributed by atoms with van der Waals surface area (Å²) in [5.41, 5.74) is 10.7. The largest absolute Gasteiger partial charge is 0.383 e. The van der Waals surface area contributed by atoms with Crippen LogP contribution in [-0.4, -0.2) is 31.1 Å². The first-order chi connectivity index (χ1) is 14.1. The van der Waals surface area contributed by atoms with E-state index < -0.39 is 0 Å². The zero-order chi connectivity index (χ0) is 20.0. The molecule has 1 aliphatic carbocycles. The molecule has 4 heterocycles. The van der Waals surface area contributed by atoms with E-state index >= 15 is 0 Å². The molecule has 4 N–H and O–H groups in total. The number of nitrogens with two attached hydrogens (primary N) is 1. The van der Waals surface area contributed by atoms with Crippen LogP contribution in [0.2, 0.25) is 0 Å². The summed E-state index contributed by atoms with van der Waals surface area (Å²) in [5, 5.41) is 11.4. The third kappa shape index (κ3) is 3.08. The fraction of sp³-hybridized carbons (Fsp3) is 0.190. The fourth-order valence-corrected chi connectivity index (χ4v) is 3.46. The van der Waals surface area contributed by atoms with Crippen LogP contribution < -0.4 is 11.1 Å². The van der Waals surface area contributed by atoms with E-state index in [-0.39, 0.29) is 11.8 Å². The second-order valence-corrected chi connectivity index (χ2v) is 7.28. The van der Waals surface area contributed by atoms with Crippen LogP contribution in [0.5, 0.6) is 0 Å². The van der Waals surface area contributed by atoms with Gasteiger partial charge in [0.25, 0.3) is 0 Å². The zero-order valence-corrected chi connectivity index (χ0v) is 15.8. The van der Waals surface area contributed by atoms with Crippen molar-refractivity contribution in [2.24, 2.45) is 5.92 Å². The Balaban J connectivity index is 1.77. The Bertz CT molecular complexity index is 1230. The summed E-state index contributed by atoms with van der Waals surface area (Å²) >= 11 is 0. The number of hydrogen-bond donors (Lipinski definition) is 3. The maximum absolute atomic E-state index is 12.2. The lowest BCUT2D eigenvalue weighted by molar-refractivity contribution is -0.117. The van der Waals surface area contributed by atoms with Gasteiger partial charge in [-0.3, -0.25) is 14.9 Å². The molecular weight excluding hydrogens is 366 g/mol. The number of nitrogen functional groups attached to an aromatic ring is 1. The molecule has 5 rings (SSSR count). The Morgan fingerprint density at radius 3 is 2.83 bits per heavy atom. The van der Waals surface area contributed by atoms with E-state index in [4.69, 9.17) is 5.73 Å². The lowest BCUT2D eigenvalue weighted by Gasteiger charge is -2.15. The standard InChI is InChI=1S/C21H19N7O/c1-11-4-5-23-9-15(11)19-18(13-7-25-26-8-13)14-6-17(27-21(29)12-2-3-12)24-10-16(14)20(22)28-19/h4-10,12H,2-3H2,1H3,(H2,22,28)(H,25,26)(H,24,27,29). The van der Waals surface area contributed by atoms with E-state index in [1.165, 1.54) is 0 Å². The molecule has 1 amide bonds. The smallest absolute Gasteiger partial charge is 0.228 e. The van der Waals surface area contributed by atoms with Crippen molar-refractivity contribution in [3.05, 3.63) is 48.7 Å². The highest BCUT2D eigenvalue weighted by Crippen LogP contribution is 2.40. The number of rotatable bonds is 4. The Hall–Kier alpha value is -3.81. The van der Waals surface area contributed by atoms with Gasteiger partial charge in [-0.25, -0.2) is 9.97 Å². The summed E-state index contributed by atoms with van der Waals surface area (Å²) in [4.78, 5) is 25.5. The van der Waals surface area contributed by atoms with Gasteiger partial charge in [-0.15, -0.1) is 0 Å². The predicted octanol–water partition coefficient (Wildman–Crippen LogP) is 3.32. The van der Waals surface area contributed by atoms with Crippen molar-refractivity contribution in [2.75, 3.05) is 11.1 Å². The first kappa shape index (κ1) is 17.3. The summed E-state index contributed by atoms with van der Waals surface area (Å²) in [7, 11) is 0. The van der Waals surface area contributed by atoms with Crippen LogP contribution in [0.3, 0.4) is 0 Å². The molecule has 0 unspecified atom stereocenters. The Labute approximate surface area is 166 Å². The monoisotopic (exact) mass is 385 g/mol. The summed E-state index contributed by atoms with van der Waals surface area (Å²) in [6.07, 6.45) is 10.6. The minimum absolute atomic E-state index is 0.00654. The highest BCUT2D eigenvalue weighted by Gasteiger charge is 2.30. The summed E-state index contributed by atoms with van der Waals surface area (Å²) in [6, 6.07) is 3.79. The third-order valence-electron chi connectivity index (χ3n) is 5.20. The summed E-state index contributed by atoms with van der Waals surface area (Å²) < 4.78 is 0. The van der Waals surface area contributed by atoms with Crippen LogP contribution in [0.1, 0.15) is 18.4 Å². The van der Waals surface area contributed by atoms with Gasteiger partial charge in [0, 0.05) is 58.2 Å². The van der Waals surface area contributed by atoms with Crippen molar-refractivity contribution in [3.63, 3.8) is 0 Å². The van der Waals surface area contributed by atoms with Crippen LogP contribution in [0.15, 0.2) is 43.1 Å². The van der Waals surface area contributed by atoms with Gasteiger partial charge in [-0.1, -0.05) is 0 Å². The van der Waals surface area contributed by atoms with Crippen LogP contribution in [0, 0.1) is 12.8 Å². The van der Waals surface area contributed by atoms with Crippen LogP contribution >= 0.6 is 0 Å². The number of aryl methyl sites for hydroxylation is 1. The van der Waals surface area contributed by atoms with Gasteiger partial charge < -0.3 is 11.1 Å². The van der Waals surface area contributed by atoms with Crippen LogP contribution in [0.4, 0.5) is 11.6 Å². The average Bonchev–Trinajstić information content (AvgIpc) is 3.44. The lowest BCUT2D eigenvalue weighted by Crippen LogP contribution is -2.14. The number of carbonyl (C=O) groups excluding carboxylic acids is 1. The molecule has 4 aromatic heterocycles. The van der Waals surface area contributed by atoms with E-state index in [9.17, 15) is 4.79 Å². The minimum atomic E-state index is 0.00654. The Kier molecular flexibility index (Phi) is 3.97. The van der Waals surface area contributed by atoms with Gasteiger partial charge in [-0.2, -0.15) is 5.10 Å². The minimum Gasteiger partial charge on any atom is -0.383 e. The second kappa shape index (κ2) is 6.66. The number of H-pyrrole nitrogens is 1. The van der Waals surface area contributed by atoms with E-state index in [2.05, 4.69) is 30.5 Å². The number of nitrogens with one attached hydrogen (secondary N) is 2. The normalized spacial score (nSPS) is 13.6. The quantitative estimate of drug-likeness (QED) is 0.495. The number of aromatic amines is 1. The maximum Gasteiger partial charge on any atom is 0.228 e. The number of aromatic nitrogens is 5. The van der Waals surface area contributed by atoms with E-state index in [1.54, 1.807) is 24.8 Å². The molecule has 144 valence electrons. The number of hydrogen-bond acceptors (Lipinski definition) is 6. The molecule has 1 saturated carbocycles. The highest BCUT2D eigenvalue weighted by atomic mass is 16.2. The fourth-order valence-electron chi connectivity index (χ4n) is 3.46. The number of fused-ring (bicyclic) bond motifs is 1. The van der Waals surface area contributed by atoms with Crippen molar-refractivity contribution < 1.29 is 4.79 Å². The SMILES string of the molecule is Cc1ccncc1-c1nc(N)c2cnc(NC(=O)C3CC3)cc2c1-c1cn[nH]c1. The number of pyridine rings is 3. The van der Waals surface area contributed by atoms with Crippen molar-refractivity contribution in [1.29, 1.82) is 0 Å². The number of amides is 1. The molecule has 4 aromatic rings. The molecule has 8 nitrogen and oxygen atoms in total. The van der Waals surface area contributed by atoms with Crippen molar-refractivity contribution >= 4 is 28.3 Å². The van der Waals surface area contributed by atoms with Crippen molar-refractivity contribution in [2.45, 2.75) is 19.8 Å².